The van der Waals surface area contributed by atoms with Gasteiger partial charge in [0.25, 0.3) is 0 Å². The van der Waals surface area contributed by atoms with E-state index in [1.807, 2.05) is 15.9 Å². The molecular weight excluding hydrogens is 442 g/mol. The molecule has 1 saturated carbocycles. The van der Waals surface area contributed by atoms with Crippen LogP contribution < -0.4 is 5.32 Å². The third-order valence-corrected chi connectivity index (χ3v) is 9.71. The minimum atomic E-state index is 0.0758. The Morgan fingerprint density at radius 1 is 1.15 bits per heavy atom. The molecule has 6 rings (SSSR count). The van der Waals surface area contributed by atoms with Crippen LogP contribution in [0.1, 0.15) is 78.5 Å². The van der Waals surface area contributed by atoms with Crippen LogP contribution in [0.2, 0.25) is 0 Å². The van der Waals surface area contributed by atoms with Crippen molar-refractivity contribution < 1.29 is 4.74 Å². The summed E-state index contributed by atoms with van der Waals surface area (Å²) in [6, 6.07) is 0. The number of hydrogen-bond acceptors (Lipinski definition) is 5. The summed E-state index contributed by atoms with van der Waals surface area (Å²) in [4.78, 5) is 11.2. The van der Waals surface area contributed by atoms with Gasteiger partial charge in [-0.15, -0.1) is 11.3 Å². The van der Waals surface area contributed by atoms with Gasteiger partial charge >= 0.3 is 0 Å². The predicted octanol–water partition coefficient (Wildman–Crippen LogP) is 6.00. The van der Waals surface area contributed by atoms with Crippen molar-refractivity contribution in [2.24, 2.45) is 0 Å². The zero-order valence-electron chi connectivity index (χ0n) is 20.9. The second-order valence-electron chi connectivity index (χ2n) is 10.7. The van der Waals surface area contributed by atoms with Gasteiger partial charge in [-0.25, -0.2) is 9.50 Å². The minimum Gasteiger partial charge on any atom is -0.372 e. The first-order valence-electron chi connectivity index (χ1n) is 12.7. The summed E-state index contributed by atoms with van der Waals surface area (Å²) in [6.45, 7) is 14.2. The molecule has 5 heterocycles. The van der Waals surface area contributed by atoms with Crippen LogP contribution in [0, 0.1) is 20.8 Å². The topological polar surface area (TPSA) is 67.2 Å². The van der Waals surface area contributed by atoms with Crippen LogP contribution in [-0.2, 0) is 4.74 Å². The Kier molecular flexibility index (Phi) is 5.35. The molecule has 4 aromatic rings. The van der Waals surface area contributed by atoms with Crippen molar-refractivity contribution >= 4 is 27.2 Å². The summed E-state index contributed by atoms with van der Waals surface area (Å²) in [5.41, 5.74) is 8.86. The number of H-pyrrole nitrogens is 1. The summed E-state index contributed by atoms with van der Waals surface area (Å²) >= 11 is 1.98. The van der Waals surface area contributed by atoms with E-state index in [1.54, 1.807) is 11.2 Å². The number of pyridine rings is 1. The minimum absolute atomic E-state index is 0.0758. The summed E-state index contributed by atoms with van der Waals surface area (Å²) in [7, 11) is 0. The lowest BCUT2D eigenvalue weighted by Gasteiger charge is -2.42. The fourth-order valence-electron chi connectivity index (χ4n) is 6.32. The zero-order valence-corrected chi connectivity index (χ0v) is 21.7. The normalized spacial score (nSPS) is 23.6. The first-order chi connectivity index (χ1) is 16.4. The Bertz CT molecular complexity index is 1360. The number of aryl methyl sites for hydroxylation is 2. The van der Waals surface area contributed by atoms with E-state index in [2.05, 4.69) is 61.2 Å². The molecule has 1 aliphatic carbocycles. The van der Waals surface area contributed by atoms with Crippen molar-refractivity contribution in [3.63, 3.8) is 0 Å². The maximum absolute atomic E-state index is 6.25. The largest absolute Gasteiger partial charge is 0.372 e. The van der Waals surface area contributed by atoms with Crippen LogP contribution in [0.25, 0.3) is 27.1 Å². The molecule has 0 amide bonds. The number of nitrogens with zero attached hydrogens (tertiary/aromatic N) is 3. The molecule has 7 heteroatoms. The third kappa shape index (κ3) is 3.35. The van der Waals surface area contributed by atoms with Crippen molar-refractivity contribution in [3.05, 3.63) is 39.7 Å². The maximum Gasteiger partial charge on any atom is 0.158 e. The average molecular weight is 478 g/mol. The van der Waals surface area contributed by atoms with Crippen LogP contribution in [-0.4, -0.2) is 44.9 Å². The van der Waals surface area contributed by atoms with E-state index in [1.165, 1.54) is 56.6 Å². The number of aromatic nitrogens is 4. The highest BCUT2D eigenvalue weighted by atomic mass is 32.1. The van der Waals surface area contributed by atoms with Crippen LogP contribution in [0.3, 0.4) is 0 Å². The van der Waals surface area contributed by atoms with Crippen LogP contribution in [0.15, 0.2) is 12.5 Å². The molecule has 2 N–H and O–H groups in total. The summed E-state index contributed by atoms with van der Waals surface area (Å²) in [6.07, 6.45) is 8.54. The van der Waals surface area contributed by atoms with E-state index in [9.17, 15) is 0 Å². The fraction of sp³-hybridized carbons (Fsp3) is 0.556. The summed E-state index contributed by atoms with van der Waals surface area (Å²) < 4.78 is 8.16. The smallest absolute Gasteiger partial charge is 0.158 e. The number of nitrogens with one attached hydrogen (secondary N) is 2. The Hall–Kier alpha value is -2.22. The molecule has 1 spiro atoms. The predicted molar refractivity (Wildman–Crippen MR) is 139 cm³/mol. The van der Waals surface area contributed by atoms with Gasteiger partial charge in [-0.2, -0.15) is 5.10 Å². The molecule has 0 aromatic carbocycles. The molecule has 0 unspecified atom stereocenters. The van der Waals surface area contributed by atoms with Gasteiger partial charge in [-0.3, -0.25) is 0 Å². The quantitative estimate of drug-likeness (QED) is 0.380. The molecule has 2 fully saturated rings. The Balaban J connectivity index is 1.41. The van der Waals surface area contributed by atoms with Crippen LogP contribution in [0.5, 0.6) is 0 Å². The Labute approximate surface area is 205 Å². The molecule has 6 nitrogen and oxygen atoms in total. The first-order valence-corrected chi connectivity index (χ1v) is 13.5. The average Bonchev–Trinajstić information content (AvgIpc) is 3.52. The lowest BCUT2D eigenvalue weighted by Crippen LogP contribution is -2.51. The second kappa shape index (κ2) is 8.18. The van der Waals surface area contributed by atoms with Gasteiger partial charge in [0.05, 0.1) is 17.9 Å². The zero-order chi connectivity index (χ0) is 23.6. The Morgan fingerprint density at radius 3 is 2.65 bits per heavy atom. The Morgan fingerprint density at radius 2 is 1.94 bits per heavy atom. The van der Waals surface area contributed by atoms with Crippen molar-refractivity contribution in [2.45, 2.75) is 77.7 Å². The van der Waals surface area contributed by atoms with E-state index in [4.69, 9.17) is 4.74 Å². The highest BCUT2D eigenvalue weighted by molar-refractivity contribution is 7.19. The number of thiophene rings is 1. The molecule has 2 aliphatic rings. The van der Waals surface area contributed by atoms with Crippen LogP contribution in [0.4, 0.5) is 0 Å². The van der Waals surface area contributed by atoms with E-state index < -0.39 is 0 Å². The molecule has 0 bridgehead atoms. The molecular formula is C27H35N5OS. The van der Waals surface area contributed by atoms with Crippen molar-refractivity contribution in [1.29, 1.82) is 0 Å². The monoisotopic (exact) mass is 477 g/mol. The molecule has 1 saturated heterocycles. The maximum atomic E-state index is 6.25. The second-order valence-corrected chi connectivity index (χ2v) is 11.7. The standard InChI is InChI=1S/C27H35N5OS/c1-15(2)21-22-18(5)24(19-6-8-27(9-7-19)13-28-10-11-33-27)34-26(22)31-23(21)20-12-32-25(29-14-30-32)17(4)16(20)3/h12,14-15,19,28,31H,6-11,13H2,1-5H3/t19-,27+. The summed E-state index contributed by atoms with van der Waals surface area (Å²) in [5.74, 6) is 1.06. The fourth-order valence-corrected chi connectivity index (χ4v) is 7.71. The number of morpholine rings is 1. The van der Waals surface area contributed by atoms with Crippen molar-refractivity contribution in [2.75, 3.05) is 19.7 Å². The number of ether oxygens (including phenoxy) is 1. The molecule has 1 aliphatic heterocycles. The third-order valence-electron chi connectivity index (χ3n) is 8.34. The molecule has 34 heavy (non-hydrogen) atoms. The number of fused-ring (bicyclic) bond motifs is 2. The van der Waals surface area contributed by atoms with Gasteiger partial charge in [0.2, 0.25) is 0 Å². The van der Waals surface area contributed by atoms with Crippen molar-refractivity contribution in [3.8, 4) is 11.3 Å². The number of aromatic amines is 1. The van der Waals surface area contributed by atoms with E-state index in [-0.39, 0.29) is 5.60 Å². The lowest BCUT2D eigenvalue weighted by atomic mass is 9.77. The van der Waals surface area contributed by atoms with Gasteiger partial charge in [0, 0.05) is 35.1 Å². The molecule has 0 radical (unpaired) electrons. The van der Waals surface area contributed by atoms with Crippen LogP contribution >= 0.6 is 11.3 Å². The van der Waals surface area contributed by atoms with Gasteiger partial charge < -0.3 is 15.0 Å². The molecule has 0 atom stereocenters. The van der Waals surface area contributed by atoms with E-state index in [0.717, 1.165) is 38.2 Å². The SMILES string of the molecule is Cc1c(-c2[nH]c3sc([C@H]4CC[C@@]5(CC4)CNCCO5)c(C)c3c2C(C)C)cn2ncnc2c1C. The first kappa shape index (κ1) is 22.3. The van der Waals surface area contributed by atoms with Gasteiger partial charge in [-0.1, -0.05) is 13.8 Å². The number of hydrogen-bond donors (Lipinski definition) is 2. The van der Waals surface area contributed by atoms with E-state index in [0.29, 0.717) is 11.8 Å². The van der Waals surface area contributed by atoms with Gasteiger partial charge in [0.1, 0.15) is 11.2 Å². The van der Waals surface area contributed by atoms with Gasteiger partial charge in [-0.05, 0) is 80.5 Å². The molecule has 180 valence electrons. The van der Waals surface area contributed by atoms with E-state index >= 15 is 0 Å². The molecule has 4 aromatic heterocycles. The van der Waals surface area contributed by atoms with Crippen molar-refractivity contribution in [1.82, 2.24) is 24.9 Å². The highest BCUT2D eigenvalue weighted by Gasteiger charge is 2.39. The number of rotatable bonds is 3. The highest BCUT2D eigenvalue weighted by Crippen LogP contribution is 2.49. The van der Waals surface area contributed by atoms with Gasteiger partial charge in [0.15, 0.2) is 5.65 Å². The lowest BCUT2D eigenvalue weighted by molar-refractivity contribution is -0.0900. The summed E-state index contributed by atoms with van der Waals surface area (Å²) in [5, 5.41) is 9.42.